The normalized spacial score (nSPS) is 15.1. The number of para-hydroxylation sites is 1. The number of pyridine rings is 1. The molecule has 0 fully saturated rings. The topological polar surface area (TPSA) is 69.0 Å². The number of carbonyl (C=O) groups excluding carboxylic acids is 1. The molecule has 0 saturated carbocycles. The largest absolute Gasteiger partial charge is 0.340 e. The molecule has 0 spiro atoms. The van der Waals surface area contributed by atoms with Gasteiger partial charge in [-0.2, -0.15) is 5.26 Å². The molecular formula is C22H18N4O. The van der Waals surface area contributed by atoms with E-state index in [1.165, 1.54) is 5.56 Å². The minimum absolute atomic E-state index is 0.0383. The second-order valence-electron chi connectivity index (χ2n) is 6.60. The van der Waals surface area contributed by atoms with Gasteiger partial charge in [-0.25, -0.2) is 4.98 Å². The molecule has 5 nitrogen and oxygen atoms in total. The standard InChI is InChI=1S/C22H18N4O/c1-15-11-17-6-2-3-8-20(17)26(15)22(27)18-9-10-24-21(13-18)25-19-7-4-5-16(12-19)14-23/h2-10,12-13,15H,11H2,1H3,(H,24,25). The Morgan fingerprint density at radius 3 is 2.89 bits per heavy atom. The van der Waals surface area contributed by atoms with Gasteiger partial charge in [0.15, 0.2) is 0 Å². The monoisotopic (exact) mass is 354 g/mol. The van der Waals surface area contributed by atoms with Gasteiger partial charge in [0.05, 0.1) is 11.6 Å². The Hall–Kier alpha value is -3.65. The van der Waals surface area contributed by atoms with Crippen LogP contribution in [-0.4, -0.2) is 16.9 Å². The minimum atomic E-state index is -0.0383. The Balaban J connectivity index is 1.61. The van der Waals surface area contributed by atoms with E-state index in [0.29, 0.717) is 16.9 Å². The molecule has 0 aliphatic carbocycles. The fraction of sp³-hybridized carbons (Fsp3) is 0.136. The predicted octanol–water partition coefficient (Wildman–Crippen LogP) is 4.29. The van der Waals surface area contributed by atoms with E-state index in [2.05, 4.69) is 29.4 Å². The molecular weight excluding hydrogens is 336 g/mol. The Morgan fingerprint density at radius 2 is 2.04 bits per heavy atom. The average molecular weight is 354 g/mol. The highest BCUT2D eigenvalue weighted by molar-refractivity contribution is 6.08. The summed E-state index contributed by atoms with van der Waals surface area (Å²) in [6.45, 7) is 2.06. The van der Waals surface area contributed by atoms with Crippen LogP contribution in [-0.2, 0) is 6.42 Å². The van der Waals surface area contributed by atoms with Crippen molar-refractivity contribution in [3.05, 3.63) is 83.6 Å². The molecule has 1 atom stereocenters. The Labute approximate surface area is 157 Å². The number of amides is 1. The van der Waals surface area contributed by atoms with Gasteiger partial charge in [0.2, 0.25) is 0 Å². The van der Waals surface area contributed by atoms with Crippen LogP contribution in [0.5, 0.6) is 0 Å². The summed E-state index contributed by atoms with van der Waals surface area (Å²) in [6, 6.07) is 20.9. The van der Waals surface area contributed by atoms with Gasteiger partial charge in [-0.1, -0.05) is 24.3 Å². The van der Waals surface area contributed by atoms with Crippen molar-refractivity contribution in [2.24, 2.45) is 0 Å². The quantitative estimate of drug-likeness (QED) is 0.762. The number of benzene rings is 2. The van der Waals surface area contributed by atoms with Crippen LogP contribution in [0.3, 0.4) is 0 Å². The summed E-state index contributed by atoms with van der Waals surface area (Å²) < 4.78 is 0. The molecule has 1 N–H and O–H groups in total. The Morgan fingerprint density at radius 1 is 1.19 bits per heavy atom. The zero-order chi connectivity index (χ0) is 18.8. The lowest BCUT2D eigenvalue weighted by Crippen LogP contribution is -2.35. The first-order valence-electron chi connectivity index (χ1n) is 8.80. The van der Waals surface area contributed by atoms with Crippen LogP contribution in [0.2, 0.25) is 0 Å². The molecule has 3 aromatic rings. The maximum Gasteiger partial charge on any atom is 0.258 e. The van der Waals surface area contributed by atoms with Crippen LogP contribution < -0.4 is 10.2 Å². The van der Waals surface area contributed by atoms with Crippen molar-refractivity contribution in [2.75, 3.05) is 10.2 Å². The first-order valence-corrected chi connectivity index (χ1v) is 8.80. The molecule has 1 aliphatic rings. The molecule has 1 aliphatic heterocycles. The van der Waals surface area contributed by atoms with E-state index in [1.807, 2.05) is 29.2 Å². The number of hydrogen-bond donors (Lipinski definition) is 1. The van der Waals surface area contributed by atoms with Crippen LogP contribution in [0.4, 0.5) is 17.2 Å². The van der Waals surface area contributed by atoms with Crippen molar-refractivity contribution in [2.45, 2.75) is 19.4 Å². The number of hydrogen-bond acceptors (Lipinski definition) is 4. The van der Waals surface area contributed by atoms with Gasteiger partial charge in [-0.15, -0.1) is 0 Å². The summed E-state index contributed by atoms with van der Waals surface area (Å²) in [4.78, 5) is 19.3. The molecule has 1 amide bonds. The number of nitrogens with zero attached hydrogens (tertiary/aromatic N) is 3. The maximum atomic E-state index is 13.2. The second kappa shape index (κ2) is 6.93. The molecule has 4 rings (SSSR count). The number of nitrogens with one attached hydrogen (secondary N) is 1. The number of aromatic nitrogens is 1. The van der Waals surface area contributed by atoms with Gasteiger partial charge in [0, 0.05) is 29.2 Å². The zero-order valence-electron chi connectivity index (χ0n) is 14.9. The summed E-state index contributed by atoms with van der Waals surface area (Å²) in [5, 5.41) is 12.2. The molecule has 2 heterocycles. The van der Waals surface area contributed by atoms with Crippen molar-refractivity contribution in [3.63, 3.8) is 0 Å². The Bertz CT molecular complexity index is 1050. The van der Waals surface area contributed by atoms with Gasteiger partial charge >= 0.3 is 0 Å². The van der Waals surface area contributed by atoms with E-state index < -0.39 is 0 Å². The van der Waals surface area contributed by atoms with Gasteiger partial charge < -0.3 is 10.2 Å². The van der Waals surface area contributed by atoms with E-state index in [-0.39, 0.29) is 11.9 Å². The number of fused-ring (bicyclic) bond motifs is 1. The molecule has 5 heteroatoms. The lowest BCUT2D eigenvalue weighted by Gasteiger charge is -2.23. The number of carbonyl (C=O) groups is 1. The van der Waals surface area contributed by atoms with Crippen LogP contribution in [0.1, 0.15) is 28.4 Å². The van der Waals surface area contributed by atoms with Crippen LogP contribution >= 0.6 is 0 Å². The van der Waals surface area contributed by atoms with Crippen molar-refractivity contribution >= 4 is 23.1 Å². The van der Waals surface area contributed by atoms with E-state index in [9.17, 15) is 4.79 Å². The maximum absolute atomic E-state index is 13.2. The molecule has 27 heavy (non-hydrogen) atoms. The summed E-state index contributed by atoms with van der Waals surface area (Å²) in [5.74, 6) is 0.528. The SMILES string of the molecule is CC1Cc2ccccc2N1C(=O)c1ccnc(Nc2cccc(C#N)c2)c1. The lowest BCUT2D eigenvalue weighted by atomic mass is 10.1. The number of anilines is 3. The van der Waals surface area contributed by atoms with E-state index in [1.54, 1.807) is 36.5 Å². The minimum Gasteiger partial charge on any atom is -0.340 e. The Kier molecular flexibility index (Phi) is 4.31. The fourth-order valence-electron chi connectivity index (χ4n) is 3.46. The number of nitriles is 1. The summed E-state index contributed by atoms with van der Waals surface area (Å²) in [7, 11) is 0. The van der Waals surface area contributed by atoms with Gasteiger partial charge in [-0.3, -0.25) is 4.79 Å². The average Bonchev–Trinajstić information content (AvgIpc) is 3.03. The summed E-state index contributed by atoms with van der Waals surface area (Å²) in [6.07, 6.45) is 2.48. The molecule has 0 bridgehead atoms. The van der Waals surface area contributed by atoms with Crippen LogP contribution in [0.15, 0.2) is 66.9 Å². The van der Waals surface area contributed by atoms with Gasteiger partial charge in [0.1, 0.15) is 5.82 Å². The molecule has 0 radical (unpaired) electrons. The third-order valence-corrected chi connectivity index (χ3v) is 4.70. The van der Waals surface area contributed by atoms with Crippen LogP contribution in [0.25, 0.3) is 0 Å². The highest BCUT2D eigenvalue weighted by Crippen LogP contribution is 2.33. The second-order valence-corrected chi connectivity index (χ2v) is 6.60. The summed E-state index contributed by atoms with van der Waals surface area (Å²) >= 11 is 0. The summed E-state index contributed by atoms with van der Waals surface area (Å²) in [5.41, 5.74) is 4.07. The van der Waals surface area contributed by atoms with Gasteiger partial charge in [-0.05, 0) is 55.3 Å². The van der Waals surface area contributed by atoms with E-state index >= 15 is 0 Å². The van der Waals surface area contributed by atoms with E-state index in [4.69, 9.17) is 5.26 Å². The first kappa shape index (κ1) is 16.8. The van der Waals surface area contributed by atoms with Crippen molar-refractivity contribution < 1.29 is 4.79 Å². The fourth-order valence-corrected chi connectivity index (χ4v) is 3.46. The van der Waals surface area contributed by atoms with Crippen LogP contribution in [0, 0.1) is 11.3 Å². The molecule has 2 aromatic carbocycles. The molecule has 1 unspecified atom stereocenters. The van der Waals surface area contributed by atoms with Crippen molar-refractivity contribution in [1.29, 1.82) is 5.26 Å². The predicted molar refractivity (Wildman–Crippen MR) is 105 cm³/mol. The van der Waals surface area contributed by atoms with Crippen molar-refractivity contribution in [3.8, 4) is 6.07 Å². The van der Waals surface area contributed by atoms with Gasteiger partial charge in [0.25, 0.3) is 5.91 Å². The first-order chi connectivity index (χ1) is 13.2. The molecule has 132 valence electrons. The smallest absolute Gasteiger partial charge is 0.258 e. The molecule has 0 saturated heterocycles. The third-order valence-electron chi connectivity index (χ3n) is 4.70. The zero-order valence-corrected chi connectivity index (χ0v) is 14.9. The number of rotatable bonds is 3. The third kappa shape index (κ3) is 3.25. The van der Waals surface area contributed by atoms with Crippen molar-refractivity contribution in [1.82, 2.24) is 4.98 Å². The highest BCUT2D eigenvalue weighted by Gasteiger charge is 2.31. The highest BCUT2D eigenvalue weighted by atomic mass is 16.2. The lowest BCUT2D eigenvalue weighted by molar-refractivity contribution is 0.0981. The molecule has 1 aromatic heterocycles. The van der Waals surface area contributed by atoms with E-state index in [0.717, 1.165) is 17.8 Å².